The first-order valence-electron chi connectivity index (χ1n) is 7.51. The van der Waals surface area contributed by atoms with Crippen molar-refractivity contribution in [2.24, 2.45) is 0 Å². The van der Waals surface area contributed by atoms with Crippen molar-refractivity contribution in [3.8, 4) is 5.75 Å². The molecule has 2 aromatic carbocycles. The van der Waals surface area contributed by atoms with E-state index in [0.717, 1.165) is 21.5 Å². The third-order valence-corrected chi connectivity index (χ3v) is 4.74. The number of nitrogens with zero attached hydrogens (tertiary/aromatic N) is 1. The van der Waals surface area contributed by atoms with Gasteiger partial charge in [0.2, 0.25) is 0 Å². The monoisotopic (exact) mass is 327 g/mol. The van der Waals surface area contributed by atoms with Crippen molar-refractivity contribution in [3.05, 3.63) is 58.0 Å². The summed E-state index contributed by atoms with van der Waals surface area (Å²) >= 11 is 1.24. The average molecular weight is 327 g/mol. The molecule has 0 atom stereocenters. The van der Waals surface area contributed by atoms with Crippen LogP contribution in [0.2, 0.25) is 0 Å². The lowest BCUT2D eigenvalue weighted by molar-refractivity contribution is 0.0701. The number of fused-ring (bicyclic) bond motifs is 1. The van der Waals surface area contributed by atoms with E-state index in [1.807, 2.05) is 37.3 Å². The standard InChI is InChI=1S/C18H17NO3S/c1-2-14-17(18(20)21)23-16(19-14)10-11-22-15-9-5-7-12-6-3-4-8-13(12)15/h3-9H,2,10-11H2,1H3,(H,20,21). The molecule has 1 aromatic heterocycles. The van der Waals surface area contributed by atoms with Gasteiger partial charge in [-0.05, 0) is 17.9 Å². The van der Waals surface area contributed by atoms with Crippen LogP contribution in [0.1, 0.15) is 27.3 Å². The molecule has 3 rings (SSSR count). The SMILES string of the molecule is CCc1nc(CCOc2cccc3ccccc23)sc1C(=O)O. The summed E-state index contributed by atoms with van der Waals surface area (Å²) in [5.41, 5.74) is 0.655. The molecule has 0 aliphatic heterocycles. The Morgan fingerprint density at radius 3 is 2.74 bits per heavy atom. The molecule has 0 saturated heterocycles. The van der Waals surface area contributed by atoms with Gasteiger partial charge in [-0.2, -0.15) is 0 Å². The highest BCUT2D eigenvalue weighted by Gasteiger charge is 2.15. The maximum atomic E-state index is 11.2. The second-order valence-electron chi connectivity index (χ2n) is 5.12. The van der Waals surface area contributed by atoms with E-state index in [-0.39, 0.29) is 0 Å². The van der Waals surface area contributed by atoms with E-state index < -0.39 is 5.97 Å². The Morgan fingerprint density at radius 1 is 1.22 bits per heavy atom. The Morgan fingerprint density at radius 2 is 2.00 bits per heavy atom. The molecule has 118 valence electrons. The zero-order valence-electron chi connectivity index (χ0n) is 12.8. The average Bonchev–Trinajstić information content (AvgIpc) is 2.99. The number of thiazole rings is 1. The van der Waals surface area contributed by atoms with Crippen molar-refractivity contribution in [1.29, 1.82) is 0 Å². The fraction of sp³-hybridized carbons (Fsp3) is 0.222. The normalized spacial score (nSPS) is 10.8. The lowest BCUT2D eigenvalue weighted by Crippen LogP contribution is -2.01. The molecule has 1 heterocycles. The van der Waals surface area contributed by atoms with Gasteiger partial charge in [0.1, 0.15) is 10.6 Å². The molecular formula is C18H17NO3S. The fourth-order valence-electron chi connectivity index (χ4n) is 2.48. The molecule has 0 unspecified atom stereocenters. The number of carboxylic acid groups (broad SMARTS) is 1. The van der Waals surface area contributed by atoms with Gasteiger partial charge in [0, 0.05) is 11.8 Å². The summed E-state index contributed by atoms with van der Waals surface area (Å²) in [6, 6.07) is 14.0. The summed E-state index contributed by atoms with van der Waals surface area (Å²) in [4.78, 5) is 15.9. The smallest absolute Gasteiger partial charge is 0.347 e. The number of rotatable bonds is 6. The van der Waals surface area contributed by atoms with E-state index in [9.17, 15) is 9.90 Å². The van der Waals surface area contributed by atoms with Crippen molar-refractivity contribution in [2.75, 3.05) is 6.61 Å². The number of aromatic carboxylic acids is 1. The molecule has 4 nitrogen and oxygen atoms in total. The van der Waals surface area contributed by atoms with Gasteiger partial charge in [0.15, 0.2) is 0 Å². The number of ether oxygens (including phenoxy) is 1. The van der Waals surface area contributed by atoms with E-state index in [4.69, 9.17) is 4.74 Å². The number of hydrogen-bond donors (Lipinski definition) is 1. The molecule has 3 aromatic rings. The third-order valence-electron chi connectivity index (χ3n) is 3.59. The number of benzene rings is 2. The van der Waals surface area contributed by atoms with Crippen molar-refractivity contribution in [2.45, 2.75) is 19.8 Å². The first kappa shape index (κ1) is 15.5. The van der Waals surface area contributed by atoms with Crippen LogP contribution in [0.4, 0.5) is 0 Å². The summed E-state index contributed by atoms with van der Waals surface area (Å²) in [6.07, 6.45) is 1.23. The highest BCUT2D eigenvalue weighted by molar-refractivity contribution is 7.13. The lowest BCUT2D eigenvalue weighted by Gasteiger charge is -2.08. The summed E-state index contributed by atoms with van der Waals surface area (Å²) in [6.45, 7) is 2.39. The van der Waals surface area contributed by atoms with Crippen LogP contribution in [-0.2, 0) is 12.8 Å². The summed E-state index contributed by atoms with van der Waals surface area (Å²) in [5.74, 6) is -0.0607. The summed E-state index contributed by atoms with van der Waals surface area (Å²) < 4.78 is 5.89. The van der Waals surface area contributed by atoms with Crippen molar-refractivity contribution in [3.63, 3.8) is 0 Å². The Hall–Kier alpha value is -2.40. The van der Waals surface area contributed by atoms with Gasteiger partial charge in [0.25, 0.3) is 0 Å². The predicted octanol–water partition coefficient (Wildman–Crippen LogP) is 4.18. The van der Waals surface area contributed by atoms with Gasteiger partial charge in [-0.25, -0.2) is 9.78 Å². The molecule has 23 heavy (non-hydrogen) atoms. The number of hydrogen-bond acceptors (Lipinski definition) is 4. The number of aromatic nitrogens is 1. The Labute approximate surface area is 138 Å². The van der Waals surface area contributed by atoms with Crippen LogP contribution in [0.3, 0.4) is 0 Å². The number of carbonyl (C=O) groups is 1. The summed E-state index contributed by atoms with van der Waals surface area (Å²) in [7, 11) is 0. The van der Waals surface area contributed by atoms with Crippen LogP contribution in [0.5, 0.6) is 5.75 Å². The first-order chi connectivity index (χ1) is 11.2. The van der Waals surface area contributed by atoms with Crippen LogP contribution in [0.25, 0.3) is 10.8 Å². The van der Waals surface area contributed by atoms with Crippen LogP contribution >= 0.6 is 11.3 Å². The zero-order valence-corrected chi connectivity index (χ0v) is 13.6. The molecule has 0 saturated carbocycles. The van der Waals surface area contributed by atoms with Gasteiger partial charge in [0.05, 0.1) is 17.3 Å². The van der Waals surface area contributed by atoms with E-state index in [2.05, 4.69) is 17.1 Å². The second kappa shape index (κ2) is 6.79. The number of aryl methyl sites for hydroxylation is 1. The fourth-order valence-corrected chi connectivity index (χ4v) is 3.46. The van der Waals surface area contributed by atoms with E-state index >= 15 is 0 Å². The molecule has 5 heteroatoms. The Kier molecular flexibility index (Phi) is 4.57. The van der Waals surface area contributed by atoms with E-state index in [1.54, 1.807) is 0 Å². The van der Waals surface area contributed by atoms with Crippen molar-refractivity contribution in [1.82, 2.24) is 4.98 Å². The van der Waals surface area contributed by atoms with Crippen LogP contribution < -0.4 is 4.74 Å². The molecule has 0 aliphatic carbocycles. The molecule has 1 N–H and O–H groups in total. The molecule has 0 spiro atoms. The molecule has 0 bridgehead atoms. The number of carboxylic acids is 1. The second-order valence-corrected chi connectivity index (χ2v) is 6.20. The van der Waals surface area contributed by atoms with E-state index in [0.29, 0.717) is 30.0 Å². The van der Waals surface area contributed by atoms with Crippen LogP contribution in [0, 0.1) is 0 Å². The Balaban J connectivity index is 1.71. The van der Waals surface area contributed by atoms with Gasteiger partial charge >= 0.3 is 5.97 Å². The summed E-state index contributed by atoms with van der Waals surface area (Å²) in [5, 5.41) is 12.2. The molecule has 0 fully saturated rings. The topological polar surface area (TPSA) is 59.4 Å². The largest absolute Gasteiger partial charge is 0.493 e. The van der Waals surface area contributed by atoms with E-state index in [1.165, 1.54) is 11.3 Å². The van der Waals surface area contributed by atoms with Crippen LogP contribution in [0.15, 0.2) is 42.5 Å². The lowest BCUT2D eigenvalue weighted by atomic mass is 10.1. The van der Waals surface area contributed by atoms with Crippen molar-refractivity contribution >= 4 is 28.1 Å². The first-order valence-corrected chi connectivity index (χ1v) is 8.33. The van der Waals surface area contributed by atoms with Gasteiger partial charge < -0.3 is 9.84 Å². The minimum atomic E-state index is -0.902. The van der Waals surface area contributed by atoms with Gasteiger partial charge in [-0.3, -0.25) is 0 Å². The molecule has 0 aliphatic rings. The molecular weight excluding hydrogens is 310 g/mol. The highest BCUT2D eigenvalue weighted by Crippen LogP contribution is 2.26. The third kappa shape index (κ3) is 3.35. The van der Waals surface area contributed by atoms with Gasteiger partial charge in [-0.1, -0.05) is 43.3 Å². The molecule has 0 radical (unpaired) electrons. The minimum absolute atomic E-state index is 0.340. The maximum absolute atomic E-state index is 11.2. The van der Waals surface area contributed by atoms with Crippen molar-refractivity contribution < 1.29 is 14.6 Å². The quantitative estimate of drug-likeness (QED) is 0.738. The minimum Gasteiger partial charge on any atom is -0.493 e. The van der Waals surface area contributed by atoms with Crippen LogP contribution in [-0.4, -0.2) is 22.7 Å². The highest BCUT2D eigenvalue weighted by atomic mass is 32.1. The maximum Gasteiger partial charge on any atom is 0.347 e. The molecule has 0 amide bonds. The van der Waals surface area contributed by atoms with Gasteiger partial charge in [-0.15, -0.1) is 11.3 Å². The zero-order chi connectivity index (χ0) is 16.2. The Bertz CT molecular complexity index is 836. The predicted molar refractivity (Wildman–Crippen MR) is 91.6 cm³/mol.